The Balaban J connectivity index is 1.86. The van der Waals surface area contributed by atoms with E-state index in [0.717, 1.165) is 5.56 Å². The standard InChI is InChI=1S/C25H21Cl2N3O3S/c1-3-11-33-25(32)22-15(2)29-24(18(13-28)23(22)16-7-5-4-6-8-16)34-14-21(31)30-17-9-10-19(26)20(27)12-17/h3-10,12,23,29H,1,11,14H2,2H3,(H,30,31)/t23-/m0/s1. The molecule has 1 atom stereocenters. The summed E-state index contributed by atoms with van der Waals surface area (Å²) in [4.78, 5) is 25.4. The van der Waals surface area contributed by atoms with Crippen molar-refractivity contribution in [3.63, 3.8) is 0 Å². The van der Waals surface area contributed by atoms with E-state index in [1.807, 2.05) is 30.3 Å². The first kappa shape index (κ1) is 25.4. The van der Waals surface area contributed by atoms with Gasteiger partial charge in [0.2, 0.25) is 5.91 Å². The number of anilines is 1. The highest BCUT2D eigenvalue weighted by Gasteiger charge is 2.35. The second-order valence-corrected chi connectivity index (χ2v) is 9.01. The van der Waals surface area contributed by atoms with Gasteiger partial charge in [0.1, 0.15) is 6.61 Å². The lowest BCUT2D eigenvalue weighted by Gasteiger charge is -2.29. The molecule has 0 saturated carbocycles. The lowest BCUT2D eigenvalue weighted by molar-refractivity contribution is -0.138. The van der Waals surface area contributed by atoms with Crippen molar-refractivity contribution in [3.05, 3.63) is 98.7 Å². The average Bonchev–Trinajstić information content (AvgIpc) is 2.83. The summed E-state index contributed by atoms with van der Waals surface area (Å²) in [6.45, 7) is 5.37. The Kier molecular flexibility index (Phi) is 8.83. The molecule has 2 aromatic carbocycles. The van der Waals surface area contributed by atoms with Gasteiger partial charge in [-0.3, -0.25) is 4.79 Å². The second kappa shape index (κ2) is 11.8. The fourth-order valence-electron chi connectivity index (χ4n) is 3.40. The number of thioether (sulfide) groups is 1. The molecule has 34 heavy (non-hydrogen) atoms. The van der Waals surface area contributed by atoms with Gasteiger partial charge in [-0.25, -0.2) is 4.79 Å². The lowest BCUT2D eigenvalue weighted by Crippen LogP contribution is -2.29. The summed E-state index contributed by atoms with van der Waals surface area (Å²) in [6, 6.07) is 16.3. The number of hydrogen-bond acceptors (Lipinski definition) is 6. The molecule has 1 aliphatic heterocycles. The van der Waals surface area contributed by atoms with E-state index in [4.69, 9.17) is 27.9 Å². The van der Waals surface area contributed by atoms with Crippen LogP contribution in [0, 0.1) is 11.3 Å². The molecule has 1 amide bonds. The molecule has 1 aliphatic rings. The molecule has 0 saturated heterocycles. The topological polar surface area (TPSA) is 91.2 Å². The molecule has 3 rings (SSSR count). The van der Waals surface area contributed by atoms with Crippen LogP contribution in [0.1, 0.15) is 18.4 Å². The van der Waals surface area contributed by atoms with Crippen molar-refractivity contribution in [1.29, 1.82) is 5.26 Å². The zero-order valence-corrected chi connectivity index (χ0v) is 20.6. The number of hydrogen-bond donors (Lipinski definition) is 2. The third-order valence-corrected chi connectivity index (χ3v) is 6.64. The van der Waals surface area contributed by atoms with Crippen LogP contribution in [0.15, 0.2) is 83.1 Å². The van der Waals surface area contributed by atoms with Crippen molar-refractivity contribution in [3.8, 4) is 6.07 Å². The molecule has 0 aromatic heterocycles. The van der Waals surface area contributed by atoms with Crippen LogP contribution < -0.4 is 10.6 Å². The Morgan fingerprint density at radius 2 is 1.97 bits per heavy atom. The van der Waals surface area contributed by atoms with E-state index in [1.165, 1.54) is 17.8 Å². The van der Waals surface area contributed by atoms with Gasteiger partial charge in [0, 0.05) is 11.4 Å². The van der Waals surface area contributed by atoms with Crippen LogP contribution >= 0.6 is 35.0 Å². The molecular weight excluding hydrogens is 493 g/mol. The molecule has 0 fully saturated rings. The number of nitrogens with one attached hydrogen (secondary N) is 2. The predicted octanol–water partition coefficient (Wildman–Crippen LogP) is 5.79. The molecule has 6 nitrogen and oxygen atoms in total. The highest BCUT2D eigenvalue weighted by molar-refractivity contribution is 8.03. The molecule has 1 heterocycles. The van der Waals surface area contributed by atoms with Crippen molar-refractivity contribution in [2.45, 2.75) is 12.8 Å². The van der Waals surface area contributed by atoms with Crippen LogP contribution in [0.3, 0.4) is 0 Å². The van der Waals surface area contributed by atoms with Crippen LogP contribution in [-0.4, -0.2) is 24.2 Å². The molecule has 2 N–H and O–H groups in total. The van der Waals surface area contributed by atoms with E-state index in [-0.39, 0.29) is 18.3 Å². The van der Waals surface area contributed by atoms with Crippen molar-refractivity contribution in [2.75, 3.05) is 17.7 Å². The Labute approximate surface area is 212 Å². The lowest BCUT2D eigenvalue weighted by atomic mass is 9.82. The van der Waals surface area contributed by atoms with Gasteiger partial charge in [0.15, 0.2) is 0 Å². The van der Waals surface area contributed by atoms with Crippen molar-refractivity contribution in [1.82, 2.24) is 5.32 Å². The van der Waals surface area contributed by atoms with Crippen molar-refractivity contribution < 1.29 is 14.3 Å². The summed E-state index contributed by atoms with van der Waals surface area (Å²) in [5.74, 6) is -1.43. The number of ether oxygens (including phenoxy) is 1. The normalized spacial score (nSPS) is 15.3. The minimum absolute atomic E-state index is 0.0266. The molecule has 174 valence electrons. The van der Waals surface area contributed by atoms with Gasteiger partial charge in [0.05, 0.1) is 44.0 Å². The number of amides is 1. The summed E-state index contributed by atoms with van der Waals surface area (Å²) in [6.07, 6.45) is 1.48. The minimum Gasteiger partial charge on any atom is -0.458 e. The number of carbonyl (C=O) groups is 2. The van der Waals surface area contributed by atoms with Crippen LogP contribution in [0.4, 0.5) is 5.69 Å². The summed E-state index contributed by atoms with van der Waals surface area (Å²) < 4.78 is 5.29. The zero-order valence-electron chi connectivity index (χ0n) is 18.2. The number of esters is 1. The maximum Gasteiger partial charge on any atom is 0.337 e. The first-order chi connectivity index (χ1) is 16.3. The molecular formula is C25H21Cl2N3O3S. The summed E-state index contributed by atoms with van der Waals surface area (Å²) in [5, 5.41) is 17.1. The first-order valence-corrected chi connectivity index (χ1v) is 11.9. The van der Waals surface area contributed by atoms with Gasteiger partial charge in [-0.05, 0) is 30.7 Å². The van der Waals surface area contributed by atoms with Gasteiger partial charge in [-0.2, -0.15) is 5.26 Å². The number of dihydropyridines is 1. The molecule has 0 radical (unpaired) electrons. The Morgan fingerprint density at radius 1 is 1.24 bits per heavy atom. The third-order valence-electron chi connectivity index (χ3n) is 4.88. The number of allylic oxidation sites excluding steroid dienone is 2. The molecule has 0 aliphatic carbocycles. The Morgan fingerprint density at radius 3 is 2.62 bits per heavy atom. The Hall–Kier alpha value is -3.18. The fourth-order valence-corrected chi connectivity index (χ4v) is 4.59. The average molecular weight is 514 g/mol. The Bertz CT molecular complexity index is 1220. The molecule has 2 aromatic rings. The summed E-state index contributed by atoms with van der Waals surface area (Å²) >= 11 is 13.1. The van der Waals surface area contributed by atoms with Crippen LogP contribution in [0.5, 0.6) is 0 Å². The number of carbonyl (C=O) groups excluding carboxylic acids is 2. The third kappa shape index (κ3) is 6.03. The van der Waals surface area contributed by atoms with Gasteiger partial charge in [-0.15, -0.1) is 0 Å². The van der Waals surface area contributed by atoms with E-state index >= 15 is 0 Å². The van der Waals surface area contributed by atoms with E-state index in [1.54, 1.807) is 25.1 Å². The fraction of sp³-hybridized carbons (Fsp3) is 0.160. The first-order valence-electron chi connectivity index (χ1n) is 10.2. The number of rotatable bonds is 8. The van der Waals surface area contributed by atoms with Gasteiger partial charge < -0.3 is 15.4 Å². The van der Waals surface area contributed by atoms with Crippen molar-refractivity contribution >= 4 is 52.5 Å². The summed E-state index contributed by atoms with van der Waals surface area (Å²) in [7, 11) is 0. The highest BCUT2D eigenvalue weighted by atomic mass is 35.5. The highest BCUT2D eigenvalue weighted by Crippen LogP contribution is 2.41. The maximum absolute atomic E-state index is 12.8. The smallest absolute Gasteiger partial charge is 0.337 e. The van der Waals surface area contributed by atoms with Gasteiger partial charge in [-0.1, -0.05) is 78.0 Å². The largest absolute Gasteiger partial charge is 0.458 e. The van der Waals surface area contributed by atoms with Gasteiger partial charge >= 0.3 is 5.97 Å². The van der Waals surface area contributed by atoms with E-state index in [0.29, 0.717) is 37.6 Å². The SMILES string of the molecule is C=CCOC(=O)C1=C(C)NC(SCC(=O)Nc2ccc(Cl)c(Cl)c2)=C(C#N)[C@@H]1c1ccccc1. The van der Waals surface area contributed by atoms with Gasteiger partial charge in [0.25, 0.3) is 0 Å². The van der Waals surface area contributed by atoms with E-state index < -0.39 is 11.9 Å². The van der Waals surface area contributed by atoms with Crippen LogP contribution in [-0.2, 0) is 14.3 Å². The maximum atomic E-state index is 12.8. The second-order valence-electron chi connectivity index (χ2n) is 7.21. The quantitative estimate of drug-likeness (QED) is 0.342. The van der Waals surface area contributed by atoms with E-state index in [9.17, 15) is 14.9 Å². The predicted molar refractivity (Wildman–Crippen MR) is 136 cm³/mol. The summed E-state index contributed by atoms with van der Waals surface area (Å²) in [5.41, 5.74) is 2.50. The van der Waals surface area contributed by atoms with E-state index in [2.05, 4.69) is 23.3 Å². The molecule has 9 heteroatoms. The minimum atomic E-state index is -0.634. The monoisotopic (exact) mass is 513 g/mol. The number of nitrogens with zero attached hydrogens (tertiary/aromatic N) is 1. The van der Waals surface area contributed by atoms with Crippen molar-refractivity contribution in [2.24, 2.45) is 0 Å². The van der Waals surface area contributed by atoms with Crippen LogP contribution in [0.25, 0.3) is 0 Å². The zero-order chi connectivity index (χ0) is 24.7. The molecule has 0 spiro atoms. The molecule has 0 bridgehead atoms. The molecule has 0 unspecified atom stereocenters. The number of halogens is 2. The number of benzene rings is 2. The van der Waals surface area contributed by atoms with Crippen LogP contribution in [0.2, 0.25) is 10.0 Å². The number of nitriles is 1.